The highest BCUT2D eigenvalue weighted by atomic mass is 32.2. The lowest BCUT2D eigenvalue weighted by atomic mass is 9.44. The molecule has 27 heavy (non-hydrogen) atoms. The molecule has 0 radical (unpaired) electrons. The van der Waals surface area contributed by atoms with Crippen molar-refractivity contribution in [2.75, 3.05) is 6.61 Å². The average molecular weight is 416 g/mol. The van der Waals surface area contributed by atoms with Crippen LogP contribution in [-0.2, 0) is 25.0 Å². The lowest BCUT2D eigenvalue weighted by Gasteiger charge is -2.59. The maximum Gasteiger partial charge on any atom is 0.404 e. The van der Waals surface area contributed by atoms with Gasteiger partial charge in [-0.05, 0) is 50.4 Å². The fourth-order valence-corrected chi connectivity index (χ4v) is 5.84. The number of aliphatic carboxylic acids is 1. The lowest BCUT2D eigenvalue weighted by molar-refractivity contribution is -0.195. The van der Waals surface area contributed by atoms with Gasteiger partial charge in [0.05, 0.1) is 23.9 Å². The molecule has 0 aromatic carbocycles. The monoisotopic (exact) mass is 416 g/mol. The van der Waals surface area contributed by atoms with Crippen LogP contribution in [0.1, 0.15) is 44.9 Å². The lowest BCUT2D eigenvalue weighted by Crippen LogP contribution is -2.58. The van der Waals surface area contributed by atoms with Crippen LogP contribution < -0.4 is 0 Å². The summed E-state index contributed by atoms with van der Waals surface area (Å²) in [7, 11) is -4.69. The summed E-state index contributed by atoms with van der Waals surface area (Å²) in [5.41, 5.74) is -2.12. The number of halogens is 4. The number of esters is 1. The van der Waals surface area contributed by atoms with E-state index in [1.165, 1.54) is 0 Å². The van der Waals surface area contributed by atoms with Crippen molar-refractivity contribution < 1.29 is 45.4 Å². The van der Waals surface area contributed by atoms with E-state index in [9.17, 15) is 40.7 Å². The third-order valence-corrected chi connectivity index (χ3v) is 7.05. The molecule has 11 heteroatoms. The predicted octanol–water partition coefficient (Wildman–Crippen LogP) is 2.43. The Morgan fingerprint density at radius 3 is 2.04 bits per heavy atom. The van der Waals surface area contributed by atoms with Crippen LogP contribution in [0.15, 0.2) is 0 Å². The van der Waals surface area contributed by atoms with Crippen molar-refractivity contribution in [2.45, 2.75) is 56.1 Å². The van der Waals surface area contributed by atoms with Crippen LogP contribution in [-0.4, -0.2) is 43.2 Å². The van der Waals surface area contributed by atoms with Crippen LogP contribution >= 0.6 is 0 Å². The van der Waals surface area contributed by atoms with Gasteiger partial charge in [0.15, 0.2) is 0 Å². The number of alkyl halides is 4. The summed E-state index contributed by atoms with van der Waals surface area (Å²) in [5, 5.41) is 4.37. The van der Waals surface area contributed by atoms with Crippen molar-refractivity contribution in [1.29, 1.82) is 0 Å². The van der Waals surface area contributed by atoms with Crippen molar-refractivity contribution in [3.8, 4) is 0 Å². The standard InChI is InChI=1S/C16H20F4O6S/c17-15(18,16(19,20)27(24)25)1-2-26-12(23)14-6-9-3-10(7-14)5-13(4-9,8-14)11(21)22/h9-10,27H,1-8H2,(H,21,22). The topological polar surface area (TPSA) is 97.7 Å². The molecular formula is C16H20F4O6S. The van der Waals surface area contributed by atoms with Gasteiger partial charge < -0.3 is 9.84 Å². The summed E-state index contributed by atoms with van der Waals surface area (Å²) < 4.78 is 78.5. The van der Waals surface area contributed by atoms with Crippen molar-refractivity contribution >= 4 is 22.6 Å². The van der Waals surface area contributed by atoms with Crippen LogP contribution in [0.25, 0.3) is 0 Å². The first-order chi connectivity index (χ1) is 12.3. The first kappa shape index (κ1) is 20.3. The molecule has 4 aliphatic rings. The van der Waals surface area contributed by atoms with Gasteiger partial charge in [0, 0.05) is 0 Å². The Kier molecular flexibility index (Phi) is 4.76. The first-order valence-electron chi connectivity index (χ1n) is 8.64. The number of rotatable bonds is 7. The van der Waals surface area contributed by atoms with Crippen LogP contribution in [0.5, 0.6) is 0 Å². The first-order valence-corrected chi connectivity index (χ1v) is 9.82. The Morgan fingerprint density at radius 2 is 1.56 bits per heavy atom. The average Bonchev–Trinajstić information content (AvgIpc) is 2.52. The third-order valence-electron chi connectivity index (χ3n) is 6.27. The highest BCUT2D eigenvalue weighted by Crippen LogP contribution is 2.65. The smallest absolute Gasteiger partial charge is 0.404 e. The molecule has 154 valence electrons. The second kappa shape index (κ2) is 6.31. The van der Waals surface area contributed by atoms with Crippen molar-refractivity contribution in [1.82, 2.24) is 0 Å². The number of carboxylic acids is 1. The second-order valence-electron chi connectivity index (χ2n) is 8.22. The fraction of sp³-hybridized carbons (Fsp3) is 0.875. The maximum atomic E-state index is 13.4. The summed E-state index contributed by atoms with van der Waals surface area (Å²) in [6.45, 7) is -1.07. The molecule has 2 atom stereocenters. The summed E-state index contributed by atoms with van der Waals surface area (Å²) in [6, 6.07) is 0. The molecule has 0 aromatic heterocycles. The normalized spacial score (nSPS) is 35.4. The quantitative estimate of drug-likeness (QED) is 0.376. The molecule has 6 nitrogen and oxygen atoms in total. The Labute approximate surface area is 154 Å². The minimum absolute atomic E-state index is 0.0326. The maximum absolute atomic E-state index is 13.4. The number of ether oxygens (including phenoxy) is 1. The van der Waals surface area contributed by atoms with Crippen LogP contribution in [0, 0.1) is 22.7 Å². The van der Waals surface area contributed by atoms with E-state index in [0.29, 0.717) is 25.7 Å². The Balaban J connectivity index is 1.68. The molecule has 1 N–H and O–H groups in total. The molecule has 4 saturated carbocycles. The molecule has 0 heterocycles. The predicted molar refractivity (Wildman–Crippen MR) is 83.0 cm³/mol. The molecule has 0 saturated heterocycles. The van der Waals surface area contributed by atoms with E-state index in [1.54, 1.807) is 0 Å². The molecule has 4 fully saturated rings. The molecule has 0 aliphatic heterocycles. The van der Waals surface area contributed by atoms with E-state index in [0.717, 1.165) is 6.42 Å². The molecule has 2 unspecified atom stereocenters. The molecule has 0 aromatic rings. The summed E-state index contributed by atoms with van der Waals surface area (Å²) >= 11 is 0. The van der Waals surface area contributed by atoms with E-state index in [-0.39, 0.29) is 18.3 Å². The van der Waals surface area contributed by atoms with Gasteiger partial charge in [-0.25, -0.2) is 8.42 Å². The summed E-state index contributed by atoms with van der Waals surface area (Å²) in [4.78, 5) is 24.3. The second-order valence-corrected chi connectivity index (χ2v) is 9.29. The van der Waals surface area contributed by atoms with Crippen LogP contribution in [0.2, 0.25) is 0 Å². The van der Waals surface area contributed by atoms with Crippen LogP contribution in [0.4, 0.5) is 17.6 Å². The van der Waals surface area contributed by atoms with Gasteiger partial charge in [0.1, 0.15) is 0 Å². The SMILES string of the molecule is O=C(O)C12CC3CC(C1)CC(C(=O)OCCC(F)(F)C(F)(F)[SH](=O)=O)(C3)C2. The van der Waals surface area contributed by atoms with E-state index in [4.69, 9.17) is 4.74 Å². The number of hydrogen-bond acceptors (Lipinski definition) is 5. The van der Waals surface area contributed by atoms with E-state index < -0.39 is 57.7 Å². The van der Waals surface area contributed by atoms with Crippen molar-refractivity contribution in [2.24, 2.45) is 22.7 Å². The number of carboxylic acid groups (broad SMARTS) is 1. The number of carbonyl (C=O) groups excluding carboxylic acids is 1. The summed E-state index contributed by atoms with van der Waals surface area (Å²) in [6.07, 6.45) is 0.961. The van der Waals surface area contributed by atoms with E-state index in [1.807, 2.05) is 0 Å². The van der Waals surface area contributed by atoms with Gasteiger partial charge in [-0.2, -0.15) is 17.6 Å². The van der Waals surface area contributed by atoms with E-state index >= 15 is 0 Å². The van der Waals surface area contributed by atoms with Gasteiger partial charge in [0.2, 0.25) is 10.7 Å². The zero-order valence-electron chi connectivity index (χ0n) is 14.3. The molecule has 4 aliphatic carbocycles. The molecule has 0 amide bonds. The highest BCUT2D eigenvalue weighted by Gasteiger charge is 2.64. The van der Waals surface area contributed by atoms with Gasteiger partial charge in [-0.1, -0.05) is 0 Å². The number of hydrogen-bond donors (Lipinski definition) is 2. The number of thiol groups is 1. The largest absolute Gasteiger partial charge is 0.481 e. The van der Waals surface area contributed by atoms with Gasteiger partial charge in [-0.3, -0.25) is 9.59 Å². The third kappa shape index (κ3) is 3.21. The molecular weight excluding hydrogens is 396 g/mol. The molecule has 0 spiro atoms. The van der Waals surface area contributed by atoms with E-state index in [2.05, 4.69) is 0 Å². The van der Waals surface area contributed by atoms with Gasteiger partial charge in [0.25, 0.3) is 0 Å². The van der Waals surface area contributed by atoms with Crippen molar-refractivity contribution in [3.05, 3.63) is 0 Å². The molecule has 4 rings (SSSR count). The zero-order valence-corrected chi connectivity index (χ0v) is 15.2. The Morgan fingerprint density at radius 1 is 1.04 bits per heavy atom. The molecule has 4 bridgehead atoms. The Bertz CT molecular complexity index is 712. The highest BCUT2D eigenvalue weighted by molar-refractivity contribution is 7.73. The number of carbonyl (C=O) groups is 2. The zero-order chi connectivity index (χ0) is 20.3. The Hall–Kier alpha value is -1.39. The van der Waals surface area contributed by atoms with Crippen molar-refractivity contribution in [3.63, 3.8) is 0 Å². The minimum atomic E-state index is -5.23. The fourth-order valence-electron chi connectivity index (χ4n) is 5.46. The van der Waals surface area contributed by atoms with Crippen LogP contribution in [0.3, 0.4) is 0 Å². The van der Waals surface area contributed by atoms with Gasteiger partial charge in [-0.15, -0.1) is 0 Å². The summed E-state index contributed by atoms with van der Waals surface area (Å²) in [5.74, 6) is -6.64. The minimum Gasteiger partial charge on any atom is -0.481 e. The van der Waals surface area contributed by atoms with Gasteiger partial charge >= 0.3 is 23.1 Å².